The molecular formula is C17H20ClNO2. The van der Waals surface area contributed by atoms with E-state index >= 15 is 0 Å². The zero-order valence-corrected chi connectivity index (χ0v) is 13.1. The highest BCUT2D eigenvalue weighted by atomic mass is 35.5. The molecule has 0 spiro atoms. The van der Waals surface area contributed by atoms with Crippen LogP contribution in [0.1, 0.15) is 18.1 Å². The third-order valence-electron chi connectivity index (χ3n) is 3.08. The minimum atomic E-state index is 0.0206. The maximum Gasteiger partial charge on any atom is 0.165 e. The number of methoxy groups -OCH3 is 1. The SMILES string of the molecule is COc1cc(Cl)cc(CC(C)N)c1OCc1ccccc1. The van der Waals surface area contributed by atoms with Crippen LogP contribution in [0, 0.1) is 0 Å². The molecule has 3 nitrogen and oxygen atoms in total. The van der Waals surface area contributed by atoms with Gasteiger partial charge in [-0.3, -0.25) is 0 Å². The minimum absolute atomic E-state index is 0.0206. The molecule has 0 saturated heterocycles. The normalized spacial score (nSPS) is 12.0. The summed E-state index contributed by atoms with van der Waals surface area (Å²) in [5.41, 5.74) is 7.96. The van der Waals surface area contributed by atoms with Gasteiger partial charge in [0.2, 0.25) is 0 Å². The van der Waals surface area contributed by atoms with Gasteiger partial charge in [0.05, 0.1) is 7.11 Å². The molecule has 1 unspecified atom stereocenters. The van der Waals surface area contributed by atoms with Crippen molar-refractivity contribution in [2.75, 3.05) is 7.11 Å². The summed E-state index contributed by atoms with van der Waals surface area (Å²) in [6, 6.07) is 13.7. The molecule has 21 heavy (non-hydrogen) atoms. The average Bonchev–Trinajstić information content (AvgIpc) is 2.46. The molecule has 1 atom stereocenters. The Kier molecular flexibility index (Phi) is 5.48. The summed E-state index contributed by atoms with van der Waals surface area (Å²) < 4.78 is 11.3. The summed E-state index contributed by atoms with van der Waals surface area (Å²) in [7, 11) is 1.61. The Morgan fingerprint density at radius 3 is 2.52 bits per heavy atom. The van der Waals surface area contributed by atoms with Gasteiger partial charge in [-0.1, -0.05) is 41.9 Å². The van der Waals surface area contributed by atoms with Crippen molar-refractivity contribution in [2.24, 2.45) is 5.73 Å². The lowest BCUT2D eigenvalue weighted by Gasteiger charge is -2.17. The van der Waals surface area contributed by atoms with Crippen molar-refractivity contribution in [2.45, 2.75) is 26.0 Å². The first-order chi connectivity index (χ1) is 10.1. The molecule has 0 heterocycles. The van der Waals surface area contributed by atoms with Crippen molar-refractivity contribution in [3.63, 3.8) is 0 Å². The van der Waals surface area contributed by atoms with Crippen LogP contribution >= 0.6 is 11.6 Å². The summed E-state index contributed by atoms with van der Waals surface area (Å²) in [5, 5.41) is 0.620. The lowest BCUT2D eigenvalue weighted by Crippen LogP contribution is -2.18. The fourth-order valence-electron chi connectivity index (χ4n) is 2.17. The standard InChI is InChI=1S/C17H20ClNO2/c1-12(19)8-14-9-15(18)10-16(20-2)17(14)21-11-13-6-4-3-5-7-13/h3-7,9-10,12H,8,11,19H2,1-2H3. The molecule has 0 amide bonds. The largest absolute Gasteiger partial charge is 0.493 e. The van der Waals surface area contributed by atoms with Crippen molar-refractivity contribution in [3.8, 4) is 11.5 Å². The third-order valence-corrected chi connectivity index (χ3v) is 3.30. The van der Waals surface area contributed by atoms with Gasteiger partial charge in [0.1, 0.15) is 6.61 Å². The van der Waals surface area contributed by atoms with Crippen LogP contribution in [-0.2, 0) is 13.0 Å². The van der Waals surface area contributed by atoms with Crippen LogP contribution in [0.15, 0.2) is 42.5 Å². The van der Waals surface area contributed by atoms with Crippen molar-refractivity contribution >= 4 is 11.6 Å². The number of nitrogens with two attached hydrogens (primary N) is 1. The number of rotatable bonds is 6. The Balaban J connectivity index is 2.26. The predicted octanol–water partition coefficient (Wildman–Crippen LogP) is 3.82. The summed E-state index contributed by atoms with van der Waals surface area (Å²) in [6.07, 6.45) is 0.682. The van der Waals surface area contributed by atoms with Crippen LogP contribution in [0.2, 0.25) is 5.02 Å². The molecule has 112 valence electrons. The van der Waals surface area contributed by atoms with E-state index < -0.39 is 0 Å². The molecule has 0 aliphatic heterocycles. The minimum Gasteiger partial charge on any atom is -0.493 e. The van der Waals surface area contributed by atoms with Crippen LogP contribution in [0.4, 0.5) is 0 Å². The van der Waals surface area contributed by atoms with E-state index in [-0.39, 0.29) is 6.04 Å². The van der Waals surface area contributed by atoms with E-state index in [1.165, 1.54) is 0 Å². The number of halogens is 1. The summed E-state index contributed by atoms with van der Waals surface area (Å²) in [5.74, 6) is 1.34. The van der Waals surface area contributed by atoms with Crippen molar-refractivity contribution in [3.05, 3.63) is 58.6 Å². The molecule has 0 radical (unpaired) electrons. The molecule has 2 aromatic rings. The smallest absolute Gasteiger partial charge is 0.165 e. The molecule has 2 aromatic carbocycles. The molecule has 0 aliphatic rings. The molecular weight excluding hydrogens is 286 g/mol. The van der Waals surface area contributed by atoms with Crippen LogP contribution < -0.4 is 15.2 Å². The first-order valence-corrected chi connectivity index (χ1v) is 7.26. The van der Waals surface area contributed by atoms with E-state index in [0.29, 0.717) is 29.5 Å². The van der Waals surface area contributed by atoms with E-state index in [1.54, 1.807) is 13.2 Å². The summed E-state index contributed by atoms with van der Waals surface area (Å²) in [4.78, 5) is 0. The lowest BCUT2D eigenvalue weighted by atomic mass is 10.1. The van der Waals surface area contributed by atoms with Gasteiger partial charge < -0.3 is 15.2 Å². The first-order valence-electron chi connectivity index (χ1n) is 6.89. The maximum atomic E-state index is 6.12. The highest BCUT2D eigenvalue weighted by Crippen LogP contribution is 2.35. The van der Waals surface area contributed by atoms with Crippen LogP contribution in [-0.4, -0.2) is 13.2 Å². The van der Waals surface area contributed by atoms with Gasteiger partial charge in [-0.05, 0) is 25.0 Å². The quantitative estimate of drug-likeness (QED) is 0.882. The van der Waals surface area contributed by atoms with Gasteiger partial charge in [-0.15, -0.1) is 0 Å². The average molecular weight is 306 g/mol. The van der Waals surface area contributed by atoms with Gasteiger partial charge in [0, 0.05) is 22.7 Å². The van der Waals surface area contributed by atoms with E-state index in [0.717, 1.165) is 11.1 Å². The number of ether oxygens (including phenoxy) is 2. The van der Waals surface area contributed by atoms with Gasteiger partial charge in [0.25, 0.3) is 0 Å². The third kappa shape index (κ3) is 4.38. The second-order valence-corrected chi connectivity index (χ2v) is 5.49. The van der Waals surface area contributed by atoms with E-state index in [2.05, 4.69) is 0 Å². The Morgan fingerprint density at radius 2 is 1.90 bits per heavy atom. The molecule has 0 fully saturated rings. The molecule has 2 rings (SSSR count). The Labute approximate surface area is 130 Å². The Bertz CT molecular complexity index is 585. The van der Waals surface area contributed by atoms with Crippen LogP contribution in [0.25, 0.3) is 0 Å². The monoisotopic (exact) mass is 305 g/mol. The van der Waals surface area contributed by atoms with E-state index in [4.69, 9.17) is 26.8 Å². The second kappa shape index (κ2) is 7.34. The zero-order chi connectivity index (χ0) is 15.2. The van der Waals surface area contributed by atoms with Crippen molar-refractivity contribution < 1.29 is 9.47 Å². The number of benzene rings is 2. The highest BCUT2D eigenvalue weighted by molar-refractivity contribution is 6.30. The van der Waals surface area contributed by atoms with Gasteiger partial charge >= 0.3 is 0 Å². The van der Waals surface area contributed by atoms with Gasteiger partial charge in [0.15, 0.2) is 11.5 Å². The fraction of sp³-hybridized carbons (Fsp3) is 0.294. The zero-order valence-electron chi connectivity index (χ0n) is 12.3. The lowest BCUT2D eigenvalue weighted by molar-refractivity contribution is 0.281. The number of hydrogen-bond donors (Lipinski definition) is 1. The predicted molar refractivity (Wildman–Crippen MR) is 86.1 cm³/mol. The Hall–Kier alpha value is -1.71. The summed E-state index contributed by atoms with van der Waals surface area (Å²) in [6.45, 7) is 2.43. The van der Waals surface area contributed by atoms with Crippen LogP contribution in [0.5, 0.6) is 11.5 Å². The van der Waals surface area contributed by atoms with Gasteiger partial charge in [-0.2, -0.15) is 0 Å². The van der Waals surface area contributed by atoms with Crippen molar-refractivity contribution in [1.29, 1.82) is 0 Å². The molecule has 2 N–H and O–H groups in total. The molecule has 0 bridgehead atoms. The number of hydrogen-bond acceptors (Lipinski definition) is 3. The van der Waals surface area contributed by atoms with Gasteiger partial charge in [-0.25, -0.2) is 0 Å². The highest BCUT2D eigenvalue weighted by Gasteiger charge is 2.14. The first kappa shape index (κ1) is 15.7. The molecule has 4 heteroatoms. The fourth-order valence-corrected chi connectivity index (χ4v) is 2.40. The van der Waals surface area contributed by atoms with Crippen LogP contribution in [0.3, 0.4) is 0 Å². The van der Waals surface area contributed by atoms with E-state index in [1.807, 2.05) is 43.3 Å². The maximum absolute atomic E-state index is 6.12. The second-order valence-electron chi connectivity index (χ2n) is 5.05. The molecule has 0 aliphatic carbocycles. The van der Waals surface area contributed by atoms with E-state index in [9.17, 15) is 0 Å². The van der Waals surface area contributed by atoms with Crippen molar-refractivity contribution in [1.82, 2.24) is 0 Å². The Morgan fingerprint density at radius 1 is 1.19 bits per heavy atom. The molecule has 0 aromatic heterocycles. The summed E-state index contributed by atoms with van der Waals surface area (Å²) >= 11 is 6.12. The molecule has 0 saturated carbocycles. The topological polar surface area (TPSA) is 44.5 Å².